The predicted molar refractivity (Wildman–Crippen MR) is 113 cm³/mol. The predicted octanol–water partition coefficient (Wildman–Crippen LogP) is 2.37. The van der Waals surface area contributed by atoms with Gasteiger partial charge in [0, 0.05) is 43.7 Å². The van der Waals surface area contributed by atoms with Crippen LogP contribution in [0.15, 0.2) is 23.1 Å². The average Bonchev–Trinajstić information content (AvgIpc) is 3.44. The lowest BCUT2D eigenvalue weighted by atomic mass is 10.0. The van der Waals surface area contributed by atoms with Crippen LogP contribution in [0.5, 0.6) is 0 Å². The molecule has 3 heterocycles. The summed E-state index contributed by atoms with van der Waals surface area (Å²) >= 11 is 0. The summed E-state index contributed by atoms with van der Waals surface area (Å²) in [6.45, 7) is 9.29. The zero-order chi connectivity index (χ0) is 20.1. The van der Waals surface area contributed by atoms with Crippen LogP contribution in [0.1, 0.15) is 35.7 Å². The van der Waals surface area contributed by atoms with Gasteiger partial charge in [-0.3, -0.25) is 14.3 Å². The zero-order valence-electron chi connectivity index (χ0n) is 17.1. The Hall–Kier alpha value is -2.67. The first-order valence-corrected chi connectivity index (χ1v) is 10.6. The maximum Gasteiger partial charge on any atom is 0.259 e. The Labute approximate surface area is 169 Å². The number of hydrogen-bond donors (Lipinski definition) is 1. The van der Waals surface area contributed by atoms with E-state index >= 15 is 0 Å². The minimum Gasteiger partial charge on any atom is -0.336 e. The number of fused-ring (bicyclic) bond motifs is 3. The fraction of sp³-hybridized carbons (Fsp3) is 0.500. The number of rotatable bonds is 4. The number of aryl methyl sites for hydroxylation is 1. The van der Waals surface area contributed by atoms with Gasteiger partial charge < -0.3 is 14.8 Å². The molecule has 1 aromatic carbocycles. The van der Waals surface area contributed by atoms with Crippen LogP contribution in [0, 0.1) is 12.8 Å². The van der Waals surface area contributed by atoms with E-state index in [9.17, 15) is 9.59 Å². The second-order valence-corrected chi connectivity index (χ2v) is 8.43. The Morgan fingerprint density at radius 1 is 1.17 bits per heavy atom. The number of amides is 1. The summed E-state index contributed by atoms with van der Waals surface area (Å²) in [6, 6.07) is 3.89. The Bertz CT molecular complexity index is 1150. The SMILES string of the molecule is CCN1CCN(C(=O)c2cc3c(cc2C)[nH]c(=O)c2cnn(CC4CC4)c23)CC1. The fourth-order valence-corrected chi connectivity index (χ4v) is 4.38. The molecular formula is C22H27N5O2. The van der Waals surface area contributed by atoms with Crippen molar-refractivity contribution < 1.29 is 4.79 Å². The number of pyridine rings is 1. The van der Waals surface area contributed by atoms with Crippen molar-refractivity contribution in [2.45, 2.75) is 33.2 Å². The van der Waals surface area contributed by atoms with Crippen molar-refractivity contribution in [2.75, 3.05) is 32.7 Å². The van der Waals surface area contributed by atoms with Gasteiger partial charge in [-0.2, -0.15) is 5.10 Å². The molecule has 0 radical (unpaired) electrons. The van der Waals surface area contributed by atoms with E-state index in [1.54, 1.807) is 6.20 Å². The van der Waals surface area contributed by atoms with E-state index in [0.29, 0.717) is 11.3 Å². The quantitative estimate of drug-likeness (QED) is 0.739. The van der Waals surface area contributed by atoms with Gasteiger partial charge in [-0.25, -0.2) is 0 Å². The smallest absolute Gasteiger partial charge is 0.259 e. The van der Waals surface area contributed by atoms with Crippen LogP contribution >= 0.6 is 0 Å². The molecule has 7 heteroatoms. The topological polar surface area (TPSA) is 74.2 Å². The molecule has 1 N–H and O–H groups in total. The maximum absolute atomic E-state index is 13.3. The highest BCUT2D eigenvalue weighted by Crippen LogP contribution is 2.32. The van der Waals surface area contributed by atoms with E-state index in [0.717, 1.165) is 66.8 Å². The molecule has 29 heavy (non-hydrogen) atoms. The Kier molecular flexibility index (Phi) is 4.42. The standard InChI is InChI=1S/C22H27N5O2/c1-3-25-6-8-26(9-7-25)22(29)16-11-17-19(10-14(16)2)24-21(28)18-12-23-27(20(17)18)13-15-4-5-15/h10-12,15H,3-9,13H2,1-2H3,(H,24,28). The largest absolute Gasteiger partial charge is 0.336 e. The zero-order valence-corrected chi connectivity index (χ0v) is 17.1. The van der Waals surface area contributed by atoms with E-state index in [2.05, 4.69) is 21.9 Å². The van der Waals surface area contributed by atoms with Crippen molar-refractivity contribution >= 4 is 27.7 Å². The van der Waals surface area contributed by atoms with Crippen molar-refractivity contribution in [3.05, 3.63) is 39.8 Å². The van der Waals surface area contributed by atoms with E-state index in [1.165, 1.54) is 12.8 Å². The number of benzene rings is 1. The van der Waals surface area contributed by atoms with Crippen LogP contribution < -0.4 is 5.56 Å². The van der Waals surface area contributed by atoms with Crippen molar-refractivity contribution in [3.63, 3.8) is 0 Å². The lowest BCUT2D eigenvalue weighted by Crippen LogP contribution is -2.48. The van der Waals surface area contributed by atoms with Crippen LogP contribution in [-0.2, 0) is 6.54 Å². The number of carbonyl (C=O) groups is 1. The second kappa shape index (κ2) is 6.99. The molecule has 2 aromatic heterocycles. The monoisotopic (exact) mass is 393 g/mol. The number of piperazine rings is 1. The average molecular weight is 393 g/mol. The summed E-state index contributed by atoms with van der Waals surface area (Å²) in [5.74, 6) is 0.724. The molecule has 1 aliphatic heterocycles. The van der Waals surface area contributed by atoms with E-state index in [4.69, 9.17) is 0 Å². The number of H-pyrrole nitrogens is 1. The molecule has 1 amide bonds. The summed E-state index contributed by atoms with van der Waals surface area (Å²) in [6.07, 6.45) is 4.09. The number of nitrogens with one attached hydrogen (secondary N) is 1. The Morgan fingerprint density at radius 3 is 2.62 bits per heavy atom. The van der Waals surface area contributed by atoms with Gasteiger partial charge in [0.1, 0.15) is 0 Å². The van der Waals surface area contributed by atoms with Gasteiger partial charge in [-0.1, -0.05) is 6.92 Å². The van der Waals surface area contributed by atoms with E-state index in [-0.39, 0.29) is 11.5 Å². The van der Waals surface area contributed by atoms with Crippen molar-refractivity contribution in [1.29, 1.82) is 0 Å². The molecule has 5 rings (SSSR count). The van der Waals surface area contributed by atoms with Gasteiger partial charge in [0.15, 0.2) is 0 Å². The van der Waals surface area contributed by atoms with Gasteiger partial charge in [0.05, 0.1) is 22.6 Å². The van der Waals surface area contributed by atoms with E-state index < -0.39 is 0 Å². The molecule has 0 atom stereocenters. The summed E-state index contributed by atoms with van der Waals surface area (Å²) in [5, 5.41) is 5.98. The van der Waals surface area contributed by atoms with Crippen LogP contribution in [-0.4, -0.2) is 63.2 Å². The van der Waals surface area contributed by atoms with Crippen molar-refractivity contribution in [1.82, 2.24) is 24.6 Å². The molecule has 1 saturated heterocycles. The molecule has 0 unspecified atom stereocenters. The lowest BCUT2D eigenvalue weighted by Gasteiger charge is -2.34. The van der Waals surface area contributed by atoms with Gasteiger partial charge in [-0.05, 0) is 49.9 Å². The van der Waals surface area contributed by atoms with Gasteiger partial charge in [0.2, 0.25) is 0 Å². The summed E-state index contributed by atoms with van der Waals surface area (Å²) in [4.78, 5) is 33.1. The Balaban J connectivity index is 1.59. The summed E-state index contributed by atoms with van der Waals surface area (Å²) in [5.41, 5.74) is 3.10. The first-order chi connectivity index (χ1) is 14.0. The molecule has 2 aliphatic rings. The molecule has 1 saturated carbocycles. The Morgan fingerprint density at radius 2 is 1.93 bits per heavy atom. The fourth-order valence-electron chi connectivity index (χ4n) is 4.38. The molecule has 0 bridgehead atoms. The number of nitrogens with zero attached hydrogens (tertiary/aromatic N) is 4. The summed E-state index contributed by atoms with van der Waals surface area (Å²) in [7, 11) is 0. The van der Waals surface area contributed by atoms with Crippen LogP contribution in [0.3, 0.4) is 0 Å². The molecular weight excluding hydrogens is 366 g/mol. The third-order valence-corrected chi connectivity index (χ3v) is 6.42. The molecule has 2 fully saturated rings. The molecule has 1 aliphatic carbocycles. The van der Waals surface area contributed by atoms with Crippen molar-refractivity contribution in [2.24, 2.45) is 5.92 Å². The van der Waals surface area contributed by atoms with Crippen LogP contribution in [0.25, 0.3) is 21.8 Å². The minimum atomic E-state index is -0.122. The van der Waals surface area contributed by atoms with Crippen LogP contribution in [0.2, 0.25) is 0 Å². The van der Waals surface area contributed by atoms with Gasteiger partial charge in [0.25, 0.3) is 11.5 Å². The third kappa shape index (κ3) is 3.23. The van der Waals surface area contributed by atoms with Gasteiger partial charge >= 0.3 is 0 Å². The number of aromatic nitrogens is 3. The second-order valence-electron chi connectivity index (χ2n) is 8.43. The highest BCUT2D eigenvalue weighted by Gasteiger charge is 2.26. The molecule has 7 nitrogen and oxygen atoms in total. The van der Waals surface area contributed by atoms with Crippen molar-refractivity contribution in [3.8, 4) is 0 Å². The first-order valence-electron chi connectivity index (χ1n) is 10.6. The normalized spacial score (nSPS) is 18.1. The number of carbonyl (C=O) groups excluding carboxylic acids is 1. The highest BCUT2D eigenvalue weighted by atomic mass is 16.2. The summed E-state index contributed by atoms with van der Waals surface area (Å²) < 4.78 is 1.95. The third-order valence-electron chi connectivity index (χ3n) is 6.42. The minimum absolute atomic E-state index is 0.0766. The molecule has 152 valence electrons. The number of likely N-dealkylation sites (N-methyl/N-ethyl adjacent to an activating group) is 1. The lowest BCUT2D eigenvalue weighted by molar-refractivity contribution is 0.0643. The van der Waals surface area contributed by atoms with E-state index in [1.807, 2.05) is 28.6 Å². The molecule has 0 spiro atoms. The number of aromatic amines is 1. The molecule has 3 aromatic rings. The van der Waals surface area contributed by atoms with Crippen LogP contribution in [0.4, 0.5) is 0 Å². The maximum atomic E-state index is 13.3. The highest BCUT2D eigenvalue weighted by molar-refractivity contribution is 6.07. The van der Waals surface area contributed by atoms with Gasteiger partial charge in [-0.15, -0.1) is 0 Å². The number of hydrogen-bond acceptors (Lipinski definition) is 4. The first kappa shape index (κ1) is 18.4.